The Morgan fingerprint density at radius 2 is 1.74 bits per heavy atom. The number of carbonyl (C=O) groups is 2. The van der Waals surface area contributed by atoms with E-state index in [4.69, 9.17) is 4.74 Å². The molecule has 0 aromatic carbocycles. The Morgan fingerprint density at radius 1 is 1.00 bits per heavy atom. The number of pyridine rings is 3. The number of carbonyl (C=O) groups excluding carboxylic acids is 2. The van der Waals surface area contributed by atoms with Crippen LogP contribution in [0.5, 0.6) is 5.88 Å². The monoisotopic (exact) mass is 472 g/mol. The summed E-state index contributed by atoms with van der Waals surface area (Å²) < 4.78 is 5.28. The summed E-state index contributed by atoms with van der Waals surface area (Å²) in [5.41, 5.74) is 3.79. The molecule has 5 heterocycles. The zero-order valence-corrected chi connectivity index (χ0v) is 20.4. The van der Waals surface area contributed by atoms with Crippen molar-refractivity contribution in [2.24, 2.45) is 0 Å². The predicted molar refractivity (Wildman–Crippen MR) is 132 cm³/mol. The number of aryl methyl sites for hydroxylation is 1. The number of piperazine rings is 1. The number of methoxy groups -OCH3 is 1. The van der Waals surface area contributed by atoms with E-state index in [0.29, 0.717) is 54.6 Å². The van der Waals surface area contributed by atoms with E-state index in [1.165, 1.54) is 0 Å². The first-order chi connectivity index (χ1) is 16.8. The van der Waals surface area contributed by atoms with E-state index in [-0.39, 0.29) is 11.8 Å². The van der Waals surface area contributed by atoms with Gasteiger partial charge in [-0.05, 0) is 44.5 Å². The highest BCUT2D eigenvalue weighted by atomic mass is 16.5. The summed E-state index contributed by atoms with van der Waals surface area (Å²) in [5.74, 6) is 0.376. The van der Waals surface area contributed by atoms with Gasteiger partial charge in [0.15, 0.2) is 0 Å². The quantitative estimate of drug-likeness (QED) is 0.576. The standard InChI is InChI=1S/C26H28N6O3/c1-17-7-8-27-16-21(17)24(33)31-11-9-30(10-12-31)18-13-19(15-28-14-18)32-25(34)20-5-6-22(35-4)29-23(20)26(32,2)3/h5-8,13-16H,9-12H2,1-4H3. The van der Waals surface area contributed by atoms with Crippen LogP contribution in [0, 0.1) is 6.92 Å². The van der Waals surface area contributed by atoms with Gasteiger partial charge in [-0.3, -0.25) is 24.5 Å². The highest BCUT2D eigenvalue weighted by Gasteiger charge is 2.45. The van der Waals surface area contributed by atoms with Gasteiger partial charge >= 0.3 is 0 Å². The highest BCUT2D eigenvalue weighted by molar-refractivity contribution is 6.11. The van der Waals surface area contributed by atoms with Crippen LogP contribution in [0.2, 0.25) is 0 Å². The van der Waals surface area contributed by atoms with Crippen molar-refractivity contribution in [1.29, 1.82) is 0 Å². The van der Waals surface area contributed by atoms with Gasteiger partial charge in [-0.15, -0.1) is 0 Å². The van der Waals surface area contributed by atoms with Gasteiger partial charge < -0.3 is 14.5 Å². The maximum absolute atomic E-state index is 13.3. The van der Waals surface area contributed by atoms with Crippen LogP contribution in [0.4, 0.5) is 11.4 Å². The maximum Gasteiger partial charge on any atom is 0.261 e. The molecule has 0 aliphatic carbocycles. The summed E-state index contributed by atoms with van der Waals surface area (Å²) in [5, 5.41) is 0. The Hall–Kier alpha value is -4.01. The van der Waals surface area contributed by atoms with Crippen LogP contribution in [0.25, 0.3) is 0 Å². The van der Waals surface area contributed by atoms with Crippen molar-refractivity contribution < 1.29 is 14.3 Å². The molecule has 5 rings (SSSR count). The van der Waals surface area contributed by atoms with Gasteiger partial charge in [0.25, 0.3) is 11.8 Å². The van der Waals surface area contributed by atoms with Gasteiger partial charge in [-0.2, -0.15) is 0 Å². The molecule has 3 aromatic heterocycles. The molecular formula is C26H28N6O3. The lowest BCUT2D eigenvalue weighted by Crippen LogP contribution is -2.49. The summed E-state index contributed by atoms with van der Waals surface area (Å²) in [7, 11) is 1.56. The number of nitrogens with zero attached hydrogens (tertiary/aromatic N) is 6. The third kappa shape index (κ3) is 3.86. The maximum atomic E-state index is 13.3. The van der Waals surface area contributed by atoms with Crippen molar-refractivity contribution in [3.05, 3.63) is 71.4 Å². The van der Waals surface area contributed by atoms with Crippen LogP contribution in [-0.4, -0.2) is 65.0 Å². The molecule has 0 radical (unpaired) electrons. The summed E-state index contributed by atoms with van der Waals surface area (Å²) >= 11 is 0. The zero-order valence-electron chi connectivity index (χ0n) is 20.4. The molecule has 3 aromatic rings. The molecule has 2 aliphatic rings. The number of fused-ring (bicyclic) bond motifs is 1. The second-order valence-electron chi connectivity index (χ2n) is 9.32. The summed E-state index contributed by atoms with van der Waals surface area (Å²) in [6.07, 6.45) is 6.83. The van der Waals surface area contributed by atoms with Crippen LogP contribution in [-0.2, 0) is 5.54 Å². The minimum Gasteiger partial charge on any atom is -0.481 e. The molecule has 9 heteroatoms. The Kier molecular flexibility index (Phi) is 5.62. The summed E-state index contributed by atoms with van der Waals surface area (Å²) in [6.45, 7) is 8.41. The zero-order chi connectivity index (χ0) is 24.7. The number of rotatable bonds is 4. The SMILES string of the molecule is COc1ccc2c(n1)C(C)(C)N(c1cncc(N3CCN(C(=O)c4cnccc4C)CC3)c1)C2=O. The smallest absolute Gasteiger partial charge is 0.261 e. The molecule has 0 bridgehead atoms. The van der Waals surface area contributed by atoms with E-state index in [9.17, 15) is 9.59 Å². The Morgan fingerprint density at radius 3 is 2.46 bits per heavy atom. The predicted octanol–water partition coefficient (Wildman–Crippen LogP) is 3.05. The van der Waals surface area contributed by atoms with Crippen molar-refractivity contribution in [3.8, 4) is 5.88 Å². The van der Waals surface area contributed by atoms with E-state index in [2.05, 4.69) is 19.9 Å². The molecule has 0 N–H and O–H groups in total. The minimum absolute atomic E-state index is 0.00670. The molecule has 9 nitrogen and oxygen atoms in total. The molecule has 0 unspecified atom stereocenters. The fourth-order valence-corrected chi connectivity index (χ4v) is 4.85. The molecule has 1 saturated heterocycles. The summed E-state index contributed by atoms with van der Waals surface area (Å²) in [4.78, 5) is 45.2. The Balaban J connectivity index is 1.34. The number of ether oxygens (including phenoxy) is 1. The van der Waals surface area contributed by atoms with E-state index in [1.54, 1.807) is 48.9 Å². The van der Waals surface area contributed by atoms with Crippen molar-refractivity contribution >= 4 is 23.2 Å². The molecule has 35 heavy (non-hydrogen) atoms. The number of hydrogen-bond acceptors (Lipinski definition) is 7. The lowest BCUT2D eigenvalue weighted by molar-refractivity contribution is 0.0745. The second-order valence-corrected chi connectivity index (χ2v) is 9.32. The topological polar surface area (TPSA) is 91.8 Å². The first-order valence-corrected chi connectivity index (χ1v) is 11.6. The fraction of sp³-hybridized carbons (Fsp3) is 0.346. The molecule has 0 atom stereocenters. The summed E-state index contributed by atoms with van der Waals surface area (Å²) in [6, 6.07) is 7.31. The number of anilines is 2. The lowest BCUT2D eigenvalue weighted by atomic mass is 9.99. The van der Waals surface area contributed by atoms with Crippen LogP contribution in [0.15, 0.2) is 49.1 Å². The first kappa shape index (κ1) is 22.8. The van der Waals surface area contributed by atoms with E-state index < -0.39 is 5.54 Å². The average Bonchev–Trinajstić information content (AvgIpc) is 3.08. The van der Waals surface area contributed by atoms with Crippen LogP contribution >= 0.6 is 0 Å². The molecule has 2 aliphatic heterocycles. The largest absolute Gasteiger partial charge is 0.481 e. The lowest BCUT2D eigenvalue weighted by Gasteiger charge is -2.37. The number of hydrogen-bond donors (Lipinski definition) is 0. The van der Waals surface area contributed by atoms with Crippen molar-refractivity contribution in [3.63, 3.8) is 0 Å². The third-order valence-electron chi connectivity index (χ3n) is 6.82. The van der Waals surface area contributed by atoms with Crippen LogP contribution < -0.4 is 14.5 Å². The molecular weight excluding hydrogens is 444 g/mol. The molecule has 0 spiro atoms. The first-order valence-electron chi connectivity index (χ1n) is 11.6. The van der Waals surface area contributed by atoms with E-state index in [0.717, 1.165) is 11.3 Å². The third-order valence-corrected chi connectivity index (χ3v) is 6.82. The molecule has 1 fully saturated rings. The number of amides is 2. The molecule has 2 amide bonds. The number of aromatic nitrogens is 3. The minimum atomic E-state index is -0.659. The Bertz CT molecular complexity index is 1300. The second kappa shape index (κ2) is 8.65. The van der Waals surface area contributed by atoms with Crippen molar-refractivity contribution in [2.45, 2.75) is 26.3 Å². The average molecular weight is 473 g/mol. The highest BCUT2D eigenvalue weighted by Crippen LogP contribution is 2.42. The fourth-order valence-electron chi connectivity index (χ4n) is 4.85. The van der Waals surface area contributed by atoms with Crippen LogP contribution in [0.1, 0.15) is 45.8 Å². The van der Waals surface area contributed by atoms with E-state index >= 15 is 0 Å². The van der Waals surface area contributed by atoms with Crippen LogP contribution in [0.3, 0.4) is 0 Å². The molecule has 180 valence electrons. The van der Waals surface area contributed by atoms with E-state index in [1.807, 2.05) is 37.8 Å². The Labute approximate surface area is 204 Å². The van der Waals surface area contributed by atoms with Crippen molar-refractivity contribution in [2.75, 3.05) is 43.1 Å². The van der Waals surface area contributed by atoms with Gasteiger partial charge in [0.2, 0.25) is 5.88 Å². The van der Waals surface area contributed by atoms with Crippen molar-refractivity contribution in [1.82, 2.24) is 19.9 Å². The van der Waals surface area contributed by atoms with Gasteiger partial charge in [0, 0.05) is 44.6 Å². The van der Waals surface area contributed by atoms with Gasteiger partial charge in [0.1, 0.15) is 0 Å². The van der Waals surface area contributed by atoms with Gasteiger partial charge in [-0.1, -0.05) is 0 Å². The molecule has 0 saturated carbocycles. The normalized spacial score (nSPS) is 16.9. The van der Waals surface area contributed by atoms with Gasteiger partial charge in [-0.25, -0.2) is 4.98 Å². The van der Waals surface area contributed by atoms with Gasteiger partial charge in [0.05, 0.1) is 53.2 Å².